The van der Waals surface area contributed by atoms with E-state index in [2.05, 4.69) is 37.2 Å². The molecule has 0 bridgehead atoms. The Morgan fingerprint density at radius 2 is 2.05 bits per heavy atom. The molecule has 1 heterocycles. The van der Waals surface area contributed by atoms with E-state index in [-0.39, 0.29) is 11.7 Å². The number of amides is 1. The minimum atomic E-state index is -0.375. The number of nitrogens with one attached hydrogen (secondary N) is 1. The van der Waals surface area contributed by atoms with Gasteiger partial charge in [0.2, 0.25) is 0 Å². The third-order valence-corrected chi connectivity index (χ3v) is 4.76. The van der Waals surface area contributed by atoms with E-state index in [4.69, 9.17) is 0 Å². The lowest BCUT2D eigenvalue weighted by Crippen LogP contribution is -2.25. The fraction of sp³-hybridized carbons (Fsp3) is 0.154. The van der Waals surface area contributed by atoms with Crippen molar-refractivity contribution in [2.45, 2.75) is 6.42 Å². The fourth-order valence-corrected chi connectivity index (χ4v) is 3.39. The molecule has 19 heavy (non-hydrogen) atoms. The van der Waals surface area contributed by atoms with Crippen LogP contribution in [0.5, 0.6) is 0 Å². The molecule has 1 N–H and O–H groups in total. The zero-order chi connectivity index (χ0) is 13.8. The Labute approximate surface area is 131 Å². The van der Waals surface area contributed by atoms with Crippen LogP contribution in [0.1, 0.15) is 15.2 Å². The zero-order valence-corrected chi connectivity index (χ0v) is 13.7. The molecule has 1 aromatic carbocycles. The highest BCUT2D eigenvalue weighted by Crippen LogP contribution is 2.22. The van der Waals surface area contributed by atoms with Crippen molar-refractivity contribution in [3.8, 4) is 0 Å². The van der Waals surface area contributed by atoms with Crippen molar-refractivity contribution in [3.05, 3.63) is 54.8 Å². The van der Waals surface area contributed by atoms with Crippen LogP contribution in [0.2, 0.25) is 0 Å². The SMILES string of the molecule is O=C(NCCc1ccc(Br)s1)c1ccc(F)c(Br)c1. The maximum Gasteiger partial charge on any atom is 0.251 e. The Hall–Kier alpha value is -0.720. The second kappa shape index (κ2) is 6.63. The smallest absolute Gasteiger partial charge is 0.251 e. The Morgan fingerprint density at radius 1 is 1.26 bits per heavy atom. The molecule has 6 heteroatoms. The Balaban J connectivity index is 1.89. The number of carbonyl (C=O) groups is 1. The first-order valence-electron chi connectivity index (χ1n) is 5.54. The Kier molecular flexibility index (Phi) is 5.13. The lowest BCUT2D eigenvalue weighted by molar-refractivity contribution is 0.0954. The largest absolute Gasteiger partial charge is 0.352 e. The topological polar surface area (TPSA) is 29.1 Å². The monoisotopic (exact) mass is 405 g/mol. The molecule has 1 aromatic heterocycles. The standard InChI is InChI=1S/C13H10Br2FNOS/c14-10-7-8(1-3-11(10)16)13(18)17-6-5-9-2-4-12(15)19-9/h1-4,7H,5-6H2,(H,17,18). The van der Waals surface area contributed by atoms with Crippen molar-refractivity contribution in [3.63, 3.8) is 0 Å². The van der Waals surface area contributed by atoms with Crippen molar-refractivity contribution >= 4 is 49.1 Å². The van der Waals surface area contributed by atoms with Gasteiger partial charge < -0.3 is 5.32 Å². The number of hydrogen-bond acceptors (Lipinski definition) is 2. The quantitative estimate of drug-likeness (QED) is 0.801. The Bertz CT molecular complexity index is 600. The first kappa shape index (κ1) is 14.7. The third kappa shape index (κ3) is 4.12. The third-order valence-electron chi connectivity index (χ3n) is 2.47. The van der Waals surface area contributed by atoms with Crippen LogP contribution in [0.25, 0.3) is 0 Å². The number of hydrogen-bond donors (Lipinski definition) is 1. The summed E-state index contributed by atoms with van der Waals surface area (Å²) in [5.41, 5.74) is 0.445. The summed E-state index contributed by atoms with van der Waals surface area (Å²) in [6, 6.07) is 8.23. The van der Waals surface area contributed by atoms with Gasteiger partial charge in [0.15, 0.2) is 0 Å². The second-order valence-electron chi connectivity index (χ2n) is 3.84. The van der Waals surface area contributed by atoms with Gasteiger partial charge in [-0.3, -0.25) is 4.79 Å². The molecule has 0 fully saturated rings. The molecule has 0 aliphatic rings. The molecule has 0 saturated heterocycles. The minimum absolute atomic E-state index is 0.198. The highest BCUT2D eigenvalue weighted by atomic mass is 79.9. The van der Waals surface area contributed by atoms with Crippen LogP contribution >= 0.6 is 43.2 Å². The summed E-state index contributed by atoms with van der Waals surface area (Å²) in [7, 11) is 0. The van der Waals surface area contributed by atoms with E-state index in [0.717, 1.165) is 10.2 Å². The number of thiophene rings is 1. The van der Waals surface area contributed by atoms with E-state index in [0.29, 0.717) is 16.6 Å². The van der Waals surface area contributed by atoms with Gasteiger partial charge in [0.1, 0.15) is 5.82 Å². The summed E-state index contributed by atoms with van der Waals surface area (Å²) in [5.74, 6) is -0.573. The van der Waals surface area contributed by atoms with Gasteiger partial charge in [0, 0.05) is 17.0 Å². The van der Waals surface area contributed by atoms with Gasteiger partial charge in [0.25, 0.3) is 5.91 Å². The summed E-state index contributed by atoms with van der Waals surface area (Å²) in [4.78, 5) is 13.0. The van der Waals surface area contributed by atoms with Crippen LogP contribution < -0.4 is 5.32 Å². The predicted octanol–water partition coefficient (Wildman–Crippen LogP) is 4.38. The van der Waals surface area contributed by atoms with Crippen molar-refractivity contribution in [2.75, 3.05) is 6.54 Å². The first-order valence-corrected chi connectivity index (χ1v) is 7.94. The van der Waals surface area contributed by atoms with Crippen molar-refractivity contribution in [1.29, 1.82) is 0 Å². The van der Waals surface area contributed by atoms with Gasteiger partial charge in [-0.05, 0) is 68.6 Å². The minimum Gasteiger partial charge on any atom is -0.352 e. The number of halogens is 3. The summed E-state index contributed by atoms with van der Waals surface area (Å²) in [6.45, 7) is 0.556. The first-order chi connectivity index (χ1) is 9.06. The van der Waals surface area contributed by atoms with Crippen molar-refractivity contribution in [1.82, 2.24) is 5.32 Å². The van der Waals surface area contributed by atoms with Crippen LogP contribution in [0.4, 0.5) is 4.39 Å². The van der Waals surface area contributed by atoms with Gasteiger partial charge in [0.05, 0.1) is 8.26 Å². The van der Waals surface area contributed by atoms with Crippen LogP contribution in [-0.2, 0) is 6.42 Å². The normalized spacial score (nSPS) is 10.5. The molecule has 2 aromatic rings. The van der Waals surface area contributed by atoms with Crippen LogP contribution in [0, 0.1) is 5.82 Å². The molecule has 0 radical (unpaired) electrons. The zero-order valence-electron chi connectivity index (χ0n) is 9.75. The van der Waals surface area contributed by atoms with Crippen LogP contribution in [0.3, 0.4) is 0 Å². The van der Waals surface area contributed by atoms with E-state index in [1.807, 2.05) is 12.1 Å². The maximum atomic E-state index is 13.1. The molecular formula is C13H10Br2FNOS. The van der Waals surface area contributed by atoms with E-state index in [1.165, 1.54) is 23.1 Å². The molecule has 2 nitrogen and oxygen atoms in total. The summed E-state index contributed by atoms with van der Waals surface area (Å²) in [6.07, 6.45) is 0.782. The van der Waals surface area contributed by atoms with Crippen LogP contribution in [-0.4, -0.2) is 12.5 Å². The highest BCUT2D eigenvalue weighted by molar-refractivity contribution is 9.11. The molecule has 100 valence electrons. The maximum absolute atomic E-state index is 13.1. The van der Waals surface area contributed by atoms with Gasteiger partial charge in [-0.2, -0.15) is 0 Å². The van der Waals surface area contributed by atoms with E-state index >= 15 is 0 Å². The van der Waals surface area contributed by atoms with Crippen molar-refractivity contribution < 1.29 is 9.18 Å². The molecule has 2 rings (SSSR count). The number of benzene rings is 1. The van der Waals surface area contributed by atoms with Crippen molar-refractivity contribution in [2.24, 2.45) is 0 Å². The van der Waals surface area contributed by atoms with Gasteiger partial charge >= 0.3 is 0 Å². The number of rotatable bonds is 4. The molecule has 1 amide bonds. The van der Waals surface area contributed by atoms with E-state index < -0.39 is 0 Å². The summed E-state index contributed by atoms with van der Waals surface area (Å²) >= 11 is 8.11. The average Bonchev–Trinajstić information content (AvgIpc) is 2.78. The molecule has 0 spiro atoms. The molecule has 0 saturated carbocycles. The predicted molar refractivity (Wildman–Crippen MR) is 82.2 cm³/mol. The van der Waals surface area contributed by atoms with Crippen LogP contribution in [0.15, 0.2) is 38.6 Å². The fourth-order valence-electron chi connectivity index (χ4n) is 1.52. The van der Waals surface area contributed by atoms with Gasteiger partial charge in [-0.25, -0.2) is 4.39 Å². The van der Waals surface area contributed by atoms with Gasteiger partial charge in [-0.1, -0.05) is 0 Å². The molecule has 0 atom stereocenters. The average molecular weight is 407 g/mol. The second-order valence-corrected chi connectivity index (χ2v) is 7.24. The molecule has 0 aliphatic carbocycles. The van der Waals surface area contributed by atoms with E-state index in [1.54, 1.807) is 11.3 Å². The molecular weight excluding hydrogens is 397 g/mol. The highest BCUT2D eigenvalue weighted by Gasteiger charge is 2.08. The molecule has 0 unspecified atom stereocenters. The van der Waals surface area contributed by atoms with E-state index in [9.17, 15) is 9.18 Å². The number of carbonyl (C=O) groups excluding carboxylic acids is 1. The molecule has 0 aliphatic heterocycles. The lowest BCUT2D eigenvalue weighted by Gasteiger charge is -2.05. The summed E-state index contributed by atoms with van der Waals surface area (Å²) < 4.78 is 14.4. The Morgan fingerprint density at radius 3 is 2.68 bits per heavy atom. The summed E-state index contributed by atoms with van der Waals surface area (Å²) in [5, 5.41) is 2.81. The lowest BCUT2D eigenvalue weighted by atomic mass is 10.2. The van der Waals surface area contributed by atoms with Gasteiger partial charge in [-0.15, -0.1) is 11.3 Å².